The third kappa shape index (κ3) is 3.07. The molecule has 1 fully saturated rings. The Kier molecular flexibility index (Phi) is 4.54. The van der Waals surface area contributed by atoms with Crippen molar-refractivity contribution in [1.82, 2.24) is 4.90 Å². The SMILES string of the molecule is NCC1CCCCN(CCF)C1. The van der Waals surface area contributed by atoms with Crippen molar-refractivity contribution in [2.75, 3.05) is 32.9 Å². The molecule has 0 amide bonds. The van der Waals surface area contributed by atoms with E-state index >= 15 is 0 Å². The molecule has 1 saturated heterocycles. The Labute approximate surface area is 73.9 Å². The molecule has 0 radical (unpaired) electrons. The Balaban J connectivity index is 2.31. The lowest BCUT2D eigenvalue weighted by Crippen LogP contribution is -2.33. The molecular weight excluding hydrogens is 155 g/mol. The molecule has 0 saturated carbocycles. The molecule has 2 N–H and O–H groups in total. The smallest absolute Gasteiger partial charge is 0.102 e. The van der Waals surface area contributed by atoms with Gasteiger partial charge in [0.25, 0.3) is 0 Å². The Hall–Kier alpha value is -0.150. The van der Waals surface area contributed by atoms with Crippen molar-refractivity contribution in [1.29, 1.82) is 0 Å². The Morgan fingerprint density at radius 2 is 2.25 bits per heavy atom. The van der Waals surface area contributed by atoms with E-state index in [1.807, 2.05) is 0 Å². The number of nitrogens with zero attached hydrogens (tertiary/aromatic N) is 1. The van der Waals surface area contributed by atoms with Crippen LogP contribution in [0, 0.1) is 5.92 Å². The molecule has 1 unspecified atom stereocenters. The predicted octanol–water partition coefficient (Wildman–Crippen LogP) is 1.02. The van der Waals surface area contributed by atoms with Crippen molar-refractivity contribution in [3.8, 4) is 0 Å². The standard InChI is InChI=1S/C9H19FN2/c10-4-6-12-5-2-1-3-9(7-11)8-12/h9H,1-8,11H2. The zero-order valence-corrected chi connectivity index (χ0v) is 7.64. The Morgan fingerprint density at radius 1 is 1.42 bits per heavy atom. The number of rotatable bonds is 3. The summed E-state index contributed by atoms with van der Waals surface area (Å²) in [6.07, 6.45) is 3.68. The third-order valence-electron chi connectivity index (χ3n) is 2.59. The zero-order valence-electron chi connectivity index (χ0n) is 7.64. The highest BCUT2D eigenvalue weighted by molar-refractivity contribution is 4.71. The van der Waals surface area contributed by atoms with Gasteiger partial charge in [-0.05, 0) is 31.8 Å². The molecule has 1 rings (SSSR count). The molecule has 0 aromatic rings. The normalized spacial score (nSPS) is 27.0. The summed E-state index contributed by atoms with van der Waals surface area (Å²) in [5.74, 6) is 0.596. The number of hydrogen-bond donors (Lipinski definition) is 1. The van der Waals surface area contributed by atoms with Gasteiger partial charge < -0.3 is 10.6 Å². The van der Waals surface area contributed by atoms with E-state index in [9.17, 15) is 4.39 Å². The fraction of sp³-hybridized carbons (Fsp3) is 1.00. The van der Waals surface area contributed by atoms with Gasteiger partial charge in [0.05, 0.1) is 0 Å². The van der Waals surface area contributed by atoms with E-state index in [0.29, 0.717) is 12.5 Å². The van der Waals surface area contributed by atoms with Gasteiger partial charge in [-0.15, -0.1) is 0 Å². The average Bonchev–Trinajstić information content (AvgIpc) is 2.30. The molecule has 1 aliphatic heterocycles. The molecule has 0 bridgehead atoms. The Morgan fingerprint density at radius 3 is 2.92 bits per heavy atom. The Bertz CT molecular complexity index is 119. The van der Waals surface area contributed by atoms with E-state index in [1.54, 1.807) is 0 Å². The summed E-state index contributed by atoms with van der Waals surface area (Å²) in [5, 5.41) is 0. The molecule has 0 aromatic heterocycles. The maximum absolute atomic E-state index is 12.1. The van der Waals surface area contributed by atoms with E-state index in [-0.39, 0.29) is 6.67 Å². The highest BCUT2D eigenvalue weighted by atomic mass is 19.1. The molecule has 0 aromatic carbocycles. The van der Waals surface area contributed by atoms with Crippen molar-refractivity contribution >= 4 is 0 Å². The second-order valence-corrected chi connectivity index (χ2v) is 3.59. The van der Waals surface area contributed by atoms with Crippen molar-refractivity contribution in [2.24, 2.45) is 11.7 Å². The van der Waals surface area contributed by atoms with Crippen LogP contribution >= 0.6 is 0 Å². The molecule has 1 aliphatic rings. The van der Waals surface area contributed by atoms with Gasteiger partial charge in [-0.1, -0.05) is 6.42 Å². The van der Waals surface area contributed by atoms with Crippen LogP contribution in [0.15, 0.2) is 0 Å². The van der Waals surface area contributed by atoms with Crippen LogP contribution < -0.4 is 5.73 Å². The molecule has 12 heavy (non-hydrogen) atoms. The van der Waals surface area contributed by atoms with Crippen LogP contribution in [0.25, 0.3) is 0 Å². The minimum Gasteiger partial charge on any atom is -0.330 e. The van der Waals surface area contributed by atoms with Crippen molar-refractivity contribution in [3.05, 3.63) is 0 Å². The lowest BCUT2D eigenvalue weighted by molar-refractivity contribution is 0.230. The average molecular weight is 174 g/mol. The molecule has 0 spiro atoms. The largest absolute Gasteiger partial charge is 0.330 e. The van der Waals surface area contributed by atoms with Crippen LogP contribution in [-0.4, -0.2) is 37.8 Å². The van der Waals surface area contributed by atoms with Gasteiger partial charge in [-0.3, -0.25) is 0 Å². The monoisotopic (exact) mass is 174 g/mol. The molecule has 1 atom stereocenters. The fourth-order valence-corrected chi connectivity index (χ4v) is 1.83. The van der Waals surface area contributed by atoms with Crippen LogP contribution in [0.2, 0.25) is 0 Å². The lowest BCUT2D eigenvalue weighted by atomic mass is 10.0. The number of halogens is 1. The first-order chi connectivity index (χ1) is 5.86. The van der Waals surface area contributed by atoms with E-state index in [4.69, 9.17) is 5.73 Å². The first-order valence-electron chi connectivity index (χ1n) is 4.85. The number of likely N-dealkylation sites (tertiary alicyclic amines) is 1. The number of nitrogens with two attached hydrogens (primary N) is 1. The summed E-state index contributed by atoms with van der Waals surface area (Å²) in [5.41, 5.74) is 5.61. The maximum atomic E-state index is 12.1. The first kappa shape index (κ1) is 9.93. The fourth-order valence-electron chi connectivity index (χ4n) is 1.83. The zero-order chi connectivity index (χ0) is 8.81. The minimum atomic E-state index is -0.225. The highest BCUT2D eigenvalue weighted by Gasteiger charge is 2.15. The molecule has 0 aliphatic carbocycles. The molecule has 3 heteroatoms. The summed E-state index contributed by atoms with van der Waals surface area (Å²) in [6.45, 7) is 3.18. The molecule has 2 nitrogen and oxygen atoms in total. The predicted molar refractivity (Wildman–Crippen MR) is 48.8 cm³/mol. The van der Waals surface area contributed by atoms with Gasteiger partial charge >= 0.3 is 0 Å². The molecular formula is C9H19FN2. The van der Waals surface area contributed by atoms with Crippen LogP contribution in [-0.2, 0) is 0 Å². The molecule has 72 valence electrons. The van der Waals surface area contributed by atoms with E-state index in [2.05, 4.69) is 4.90 Å². The van der Waals surface area contributed by atoms with Crippen LogP contribution in [0.3, 0.4) is 0 Å². The van der Waals surface area contributed by atoms with Gasteiger partial charge in [0.2, 0.25) is 0 Å². The first-order valence-corrected chi connectivity index (χ1v) is 4.85. The third-order valence-corrected chi connectivity index (χ3v) is 2.59. The number of alkyl halides is 1. The second-order valence-electron chi connectivity index (χ2n) is 3.59. The quantitative estimate of drug-likeness (QED) is 0.692. The second kappa shape index (κ2) is 5.49. The highest BCUT2D eigenvalue weighted by Crippen LogP contribution is 2.14. The van der Waals surface area contributed by atoms with E-state index in [0.717, 1.165) is 19.6 Å². The van der Waals surface area contributed by atoms with E-state index in [1.165, 1.54) is 19.3 Å². The lowest BCUT2D eigenvalue weighted by Gasteiger charge is -2.21. The van der Waals surface area contributed by atoms with Gasteiger partial charge in [0.15, 0.2) is 0 Å². The van der Waals surface area contributed by atoms with Crippen LogP contribution in [0.5, 0.6) is 0 Å². The van der Waals surface area contributed by atoms with Gasteiger partial charge in [-0.2, -0.15) is 0 Å². The van der Waals surface area contributed by atoms with Crippen LogP contribution in [0.1, 0.15) is 19.3 Å². The summed E-state index contributed by atoms with van der Waals surface area (Å²) < 4.78 is 12.1. The topological polar surface area (TPSA) is 29.3 Å². The van der Waals surface area contributed by atoms with Crippen LogP contribution in [0.4, 0.5) is 4.39 Å². The summed E-state index contributed by atoms with van der Waals surface area (Å²) >= 11 is 0. The van der Waals surface area contributed by atoms with Crippen molar-refractivity contribution < 1.29 is 4.39 Å². The molecule has 1 heterocycles. The summed E-state index contributed by atoms with van der Waals surface area (Å²) in [4.78, 5) is 2.20. The minimum absolute atomic E-state index is 0.225. The van der Waals surface area contributed by atoms with Gasteiger partial charge in [0.1, 0.15) is 6.67 Å². The van der Waals surface area contributed by atoms with Crippen molar-refractivity contribution in [2.45, 2.75) is 19.3 Å². The number of hydrogen-bond acceptors (Lipinski definition) is 2. The van der Waals surface area contributed by atoms with Gasteiger partial charge in [0, 0.05) is 13.1 Å². The summed E-state index contributed by atoms with van der Waals surface area (Å²) in [7, 11) is 0. The maximum Gasteiger partial charge on any atom is 0.102 e. The summed E-state index contributed by atoms with van der Waals surface area (Å²) in [6, 6.07) is 0. The van der Waals surface area contributed by atoms with Crippen molar-refractivity contribution in [3.63, 3.8) is 0 Å². The van der Waals surface area contributed by atoms with Gasteiger partial charge in [-0.25, -0.2) is 4.39 Å². The van der Waals surface area contributed by atoms with E-state index < -0.39 is 0 Å².